The number of hydrogen-bond donors (Lipinski definition) is 1. The Morgan fingerprint density at radius 2 is 1.70 bits per heavy atom. The van der Waals surface area contributed by atoms with Crippen LogP contribution in [0.5, 0.6) is 0 Å². The van der Waals surface area contributed by atoms with Crippen LogP contribution in [0.15, 0.2) is 28.5 Å². The number of halogens is 6. The number of ether oxygens (including phenoxy) is 1. The van der Waals surface area contributed by atoms with Crippen molar-refractivity contribution in [1.29, 1.82) is 0 Å². The average Bonchev–Trinajstić information content (AvgIpc) is 2.93. The Balaban J connectivity index is 1.48. The molecule has 44 heavy (non-hydrogen) atoms. The van der Waals surface area contributed by atoms with Crippen LogP contribution in [0.2, 0.25) is 25.7 Å². The summed E-state index contributed by atoms with van der Waals surface area (Å²) in [6.07, 6.45) is -6.32. The van der Waals surface area contributed by atoms with Crippen LogP contribution in [0, 0.1) is 0 Å². The molecule has 1 saturated heterocycles. The maximum atomic E-state index is 13.8. The summed E-state index contributed by atoms with van der Waals surface area (Å²) in [5.41, 5.74) is -4.27. The highest BCUT2D eigenvalue weighted by Gasteiger charge is 2.38. The number of carbonyl (C=O) groups is 1. The molecule has 0 unspecified atom stereocenters. The highest BCUT2D eigenvalue weighted by molar-refractivity contribution is 6.76. The van der Waals surface area contributed by atoms with Gasteiger partial charge < -0.3 is 24.7 Å². The zero-order valence-corrected chi connectivity index (χ0v) is 25.6. The van der Waals surface area contributed by atoms with Crippen molar-refractivity contribution in [2.24, 2.45) is 5.16 Å². The van der Waals surface area contributed by atoms with Crippen molar-refractivity contribution in [1.82, 2.24) is 24.6 Å². The Morgan fingerprint density at radius 1 is 1.07 bits per heavy atom. The minimum Gasteiger partial charge on any atom is -0.393 e. The lowest BCUT2D eigenvalue weighted by Gasteiger charge is -2.34. The molecule has 19 heteroatoms. The lowest BCUT2D eigenvalue weighted by atomic mass is 10.2. The van der Waals surface area contributed by atoms with Crippen molar-refractivity contribution in [2.45, 2.75) is 57.7 Å². The summed E-state index contributed by atoms with van der Waals surface area (Å²) < 4.78 is 85.4. The fourth-order valence-electron chi connectivity index (χ4n) is 3.88. The molecule has 3 rings (SSSR count). The number of nitrogens with one attached hydrogen (secondary N) is 1. The molecular weight excluding hydrogens is 618 g/mol. The molecule has 0 bridgehead atoms. The molecule has 244 valence electrons. The second-order valence-corrected chi connectivity index (χ2v) is 16.9. The first-order chi connectivity index (χ1) is 20.5. The van der Waals surface area contributed by atoms with E-state index in [1.165, 1.54) is 11.8 Å². The second-order valence-electron chi connectivity index (χ2n) is 11.2. The van der Waals surface area contributed by atoms with Gasteiger partial charge in [0, 0.05) is 53.3 Å². The molecule has 3 heterocycles. The molecule has 1 N–H and O–H groups in total. The van der Waals surface area contributed by atoms with Crippen LogP contribution in [0.1, 0.15) is 18.1 Å². The fraction of sp³-hybridized carbons (Fsp3) is 0.600. The Labute approximate surface area is 250 Å². The predicted molar refractivity (Wildman–Crippen MR) is 151 cm³/mol. The van der Waals surface area contributed by atoms with Gasteiger partial charge in [0.25, 0.3) is 11.5 Å². The zero-order chi connectivity index (χ0) is 32.7. The molecule has 1 atom stereocenters. The van der Waals surface area contributed by atoms with Crippen molar-refractivity contribution in [3.8, 4) is 0 Å². The SMILES string of the molecule is C[C@@H](CO/N=C/C(=O)N1CCN(c2ncc(C(F)(F)F)cn2)CC1)Nc1cnn(COCC[Si](C)(C)C)c(=O)c1C(F)(F)F. The summed E-state index contributed by atoms with van der Waals surface area (Å²) >= 11 is 0. The zero-order valence-electron chi connectivity index (χ0n) is 24.6. The molecule has 0 aliphatic carbocycles. The van der Waals surface area contributed by atoms with Gasteiger partial charge in [0.05, 0.1) is 23.5 Å². The molecular formula is C25H34F6N8O4Si. The van der Waals surface area contributed by atoms with Crippen molar-refractivity contribution in [3.05, 3.63) is 40.1 Å². The van der Waals surface area contributed by atoms with Crippen molar-refractivity contribution in [2.75, 3.05) is 49.6 Å². The average molecular weight is 653 g/mol. The quantitative estimate of drug-likeness (QED) is 0.121. The van der Waals surface area contributed by atoms with Crippen LogP contribution in [-0.2, 0) is 33.5 Å². The smallest absolute Gasteiger partial charge is 0.393 e. The van der Waals surface area contributed by atoms with Crippen LogP contribution in [0.4, 0.5) is 38.0 Å². The Hall–Kier alpha value is -3.74. The fourth-order valence-corrected chi connectivity index (χ4v) is 4.63. The van der Waals surface area contributed by atoms with Gasteiger partial charge in [0.15, 0.2) is 0 Å². The van der Waals surface area contributed by atoms with Gasteiger partial charge in [-0.2, -0.15) is 31.4 Å². The monoisotopic (exact) mass is 652 g/mol. The summed E-state index contributed by atoms with van der Waals surface area (Å²) in [5, 5.41) is 9.93. The van der Waals surface area contributed by atoms with E-state index in [4.69, 9.17) is 9.57 Å². The molecule has 2 aromatic heterocycles. The number of piperazine rings is 1. The molecule has 0 aromatic carbocycles. The molecule has 12 nitrogen and oxygen atoms in total. The molecule has 1 aliphatic rings. The molecule has 0 saturated carbocycles. The number of nitrogens with zero attached hydrogens (tertiary/aromatic N) is 7. The first-order valence-electron chi connectivity index (χ1n) is 13.6. The van der Waals surface area contributed by atoms with Crippen LogP contribution in [-0.4, -0.2) is 90.3 Å². The van der Waals surface area contributed by atoms with Gasteiger partial charge in [-0.3, -0.25) is 9.59 Å². The van der Waals surface area contributed by atoms with E-state index in [1.54, 1.807) is 4.90 Å². The first-order valence-corrected chi connectivity index (χ1v) is 17.3. The van der Waals surface area contributed by atoms with Gasteiger partial charge >= 0.3 is 12.4 Å². The number of anilines is 2. The number of aromatic nitrogens is 4. The number of hydrogen-bond acceptors (Lipinski definition) is 10. The van der Waals surface area contributed by atoms with Crippen LogP contribution >= 0.6 is 0 Å². The van der Waals surface area contributed by atoms with Crippen molar-refractivity contribution < 1.29 is 40.7 Å². The summed E-state index contributed by atoms with van der Waals surface area (Å²) in [6, 6.07) is 0.0116. The summed E-state index contributed by atoms with van der Waals surface area (Å²) in [5.74, 6) is -0.395. The molecule has 0 radical (unpaired) electrons. The summed E-state index contributed by atoms with van der Waals surface area (Å²) in [4.78, 5) is 40.6. The van der Waals surface area contributed by atoms with E-state index >= 15 is 0 Å². The minimum absolute atomic E-state index is 0.107. The molecule has 2 aromatic rings. The standard InChI is InChI=1S/C25H34F6N8O4Si/c1-17(36-19-13-34-39(16-42-9-10-44(2,3)4)22(41)21(19)25(29,30)31)15-43-35-14-20(40)37-5-7-38(8-6-37)23-32-11-18(12-33-23)24(26,27)28/h11-14,17,36H,5-10,15-16H2,1-4H3/b35-14+/t17-/m0/s1. The van der Waals surface area contributed by atoms with E-state index in [-0.39, 0.29) is 38.7 Å². The predicted octanol–water partition coefficient (Wildman–Crippen LogP) is 3.53. The van der Waals surface area contributed by atoms with Gasteiger partial charge in [-0.25, -0.2) is 14.6 Å². The van der Waals surface area contributed by atoms with E-state index in [9.17, 15) is 35.9 Å². The lowest BCUT2D eigenvalue weighted by molar-refractivity contribution is -0.139. The lowest BCUT2D eigenvalue weighted by Crippen LogP contribution is -2.49. The maximum absolute atomic E-state index is 13.8. The Morgan fingerprint density at radius 3 is 2.27 bits per heavy atom. The van der Waals surface area contributed by atoms with Gasteiger partial charge in [-0.05, 0) is 13.0 Å². The number of alkyl halides is 6. The van der Waals surface area contributed by atoms with E-state index in [2.05, 4.69) is 45.2 Å². The molecule has 1 fully saturated rings. The number of oxime groups is 1. The third kappa shape index (κ3) is 10.2. The number of carbonyl (C=O) groups excluding carboxylic acids is 1. The van der Waals surface area contributed by atoms with Gasteiger partial charge in [0.2, 0.25) is 5.95 Å². The summed E-state index contributed by atoms with van der Waals surface area (Å²) in [7, 11) is -1.43. The van der Waals surface area contributed by atoms with Gasteiger partial charge in [-0.15, -0.1) is 0 Å². The minimum atomic E-state index is -4.96. The van der Waals surface area contributed by atoms with E-state index < -0.39 is 61.5 Å². The number of rotatable bonds is 12. The van der Waals surface area contributed by atoms with Crippen LogP contribution < -0.4 is 15.8 Å². The number of amides is 1. The maximum Gasteiger partial charge on any atom is 0.423 e. The van der Waals surface area contributed by atoms with Crippen molar-refractivity contribution >= 4 is 31.8 Å². The molecule has 1 aliphatic heterocycles. The van der Waals surface area contributed by atoms with Crippen molar-refractivity contribution in [3.63, 3.8) is 0 Å². The Kier molecular flexibility index (Phi) is 11.3. The van der Waals surface area contributed by atoms with E-state index in [0.717, 1.165) is 18.5 Å². The third-order valence-electron chi connectivity index (χ3n) is 6.34. The topological polar surface area (TPSA) is 127 Å². The third-order valence-corrected chi connectivity index (χ3v) is 8.05. The van der Waals surface area contributed by atoms with Gasteiger partial charge in [-0.1, -0.05) is 24.8 Å². The molecule has 0 spiro atoms. The normalized spacial score (nSPS) is 15.5. The largest absolute Gasteiger partial charge is 0.423 e. The van der Waals surface area contributed by atoms with E-state index in [1.807, 2.05) is 0 Å². The van der Waals surface area contributed by atoms with Crippen LogP contribution in [0.25, 0.3) is 0 Å². The highest BCUT2D eigenvalue weighted by atomic mass is 28.3. The molecule has 1 amide bonds. The van der Waals surface area contributed by atoms with Crippen LogP contribution in [0.3, 0.4) is 0 Å². The van der Waals surface area contributed by atoms with E-state index in [0.29, 0.717) is 23.7 Å². The second kappa shape index (κ2) is 14.4. The summed E-state index contributed by atoms with van der Waals surface area (Å²) in [6.45, 7) is 8.46. The first kappa shape index (κ1) is 34.7. The Bertz CT molecular complexity index is 1340. The highest BCUT2D eigenvalue weighted by Crippen LogP contribution is 2.32. The van der Waals surface area contributed by atoms with Gasteiger partial charge in [0.1, 0.15) is 25.1 Å².